The van der Waals surface area contributed by atoms with Gasteiger partial charge >= 0.3 is 0 Å². The Balaban J connectivity index is 1.34. The summed E-state index contributed by atoms with van der Waals surface area (Å²) in [6, 6.07) is 4.16. The predicted molar refractivity (Wildman–Crippen MR) is 112 cm³/mol. The van der Waals surface area contributed by atoms with Crippen molar-refractivity contribution in [1.82, 2.24) is 24.9 Å². The number of fused-ring (bicyclic) bond motifs is 1. The van der Waals surface area contributed by atoms with Gasteiger partial charge in [-0.2, -0.15) is 5.10 Å². The van der Waals surface area contributed by atoms with Crippen LogP contribution in [0.25, 0.3) is 0 Å². The van der Waals surface area contributed by atoms with Crippen LogP contribution in [0.5, 0.6) is 0 Å². The second kappa shape index (κ2) is 9.13. The molecule has 29 heavy (non-hydrogen) atoms. The first-order chi connectivity index (χ1) is 14.1. The fraction of sp³-hybridized carbons (Fsp3) is 0.636. The number of aromatic nitrogens is 2. The van der Waals surface area contributed by atoms with Crippen molar-refractivity contribution in [3.8, 4) is 0 Å². The highest BCUT2D eigenvalue weighted by Gasteiger charge is 2.29. The topological polar surface area (TPSA) is 66.5 Å². The van der Waals surface area contributed by atoms with Crippen molar-refractivity contribution >= 4 is 5.91 Å². The van der Waals surface area contributed by atoms with Crippen LogP contribution in [-0.2, 0) is 26.4 Å². The van der Waals surface area contributed by atoms with Crippen molar-refractivity contribution in [2.45, 2.75) is 51.1 Å². The zero-order valence-corrected chi connectivity index (χ0v) is 17.7. The Morgan fingerprint density at radius 1 is 1.38 bits per heavy atom. The summed E-state index contributed by atoms with van der Waals surface area (Å²) < 4.78 is 7.28. The first-order valence-corrected chi connectivity index (χ1v) is 10.9. The normalized spacial score (nSPS) is 19.4. The number of hydrogen-bond donors (Lipinski definition) is 1. The summed E-state index contributed by atoms with van der Waals surface area (Å²) in [6.45, 7) is 5.21. The van der Waals surface area contributed by atoms with Crippen LogP contribution in [0.3, 0.4) is 0 Å². The Morgan fingerprint density at radius 3 is 2.97 bits per heavy atom. The average Bonchev–Trinajstić information content (AvgIpc) is 3.47. The summed E-state index contributed by atoms with van der Waals surface area (Å²) in [7, 11) is 3.76. The maximum atomic E-state index is 13.1. The van der Waals surface area contributed by atoms with Crippen molar-refractivity contribution in [3.63, 3.8) is 0 Å². The van der Waals surface area contributed by atoms with Crippen molar-refractivity contribution in [2.24, 2.45) is 7.05 Å². The van der Waals surface area contributed by atoms with E-state index in [9.17, 15) is 4.79 Å². The zero-order chi connectivity index (χ0) is 20.2. The second-order valence-electron chi connectivity index (χ2n) is 8.43. The van der Waals surface area contributed by atoms with E-state index in [0.717, 1.165) is 37.1 Å². The van der Waals surface area contributed by atoms with Crippen LogP contribution in [0, 0.1) is 0 Å². The molecule has 0 saturated carbocycles. The van der Waals surface area contributed by atoms with Gasteiger partial charge < -0.3 is 19.5 Å². The summed E-state index contributed by atoms with van der Waals surface area (Å²) in [5.41, 5.74) is 2.92. The lowest BCUT2D eigenvalue weighted by Gasteiger charge is -2.25. The number of furan rings is 1. The Morgan fingerprint density at radius 2 is 2.21 bits per heavy atom. The molecule has 7 nitrogen and oxygen atoms in total. The highest BCUT2D eigenvalue weighted by Crippen LogP contribution is 2.25. The van der Waals surface area contributed by atoms with E-state index >= 15 is 0 Å². The molecule has 1 N–H and O–H groups in total. The monoisotopic (exact) mass is 399 g/mol. The SMILES string of the molecule is CN(Cc1ccco1)C(=O)c1nn(C)c2c1CC(NCCCN1CCCC1)CC2. The van der Waals surface area contributed by atoms with Gasteiger partial charge in [0.05, 0.1) is 12.8 Å². The van der Waals surface area contributed by atoms with Gasteiger partial charge in [0.2, 0.25) is 0 Å². The Bertz CT molecular complexity index is 808. The first kappa shape index (κ1) is 20.2. The number of nitrogens with zero attached hydrogens (tertiary/aromatic N) is 4. The first-order valence-electron chi connectivity index (χ1n) is 10.9. The third-order valence-corrected chi connectivity index (χ3v) is 6.26. The highest BCUT2D eigenvalue weighted by atomic mass is 16.3. The third-order valence-electron chi connectivity index (χ3n) is 6.26. The van der Waals surface area contributed by atoms with Crippen molar-refractivity contribution < 1.29 is 9.21 Å². The molecule has 158 valence electrons. The average molecular weight is 400 g/mol. The van der Waals surface area contributed by atoms with Gasteiger partial charge in [0.25, 0.3) is 5.91 Å². The molecule has 0 spiro atoms. The van der Waals surface area contributed by atoms with Gasteiger partial charge in [-0.05, 0) is 76.8 Å². The van der Waals surface area contributed by atoms with Gasteiger partial charge in [0, 0.05) is 31.4 Å². The molecule has 2 aromatic heterocycles. The Kier molecular flexibility index (Phi) is 6.35. The summed E-state index contributed by atoms with van der Waals surface area (Å²) in [6.07, 6.45) is 8.48. The van der Waals surface area contributed by atoms with Crippen molar-refractivity contribution in [1.29, 1.82) is 0 Å². The molecule has 2 aromatic rings. The van der Waals surface area contributed by atoms with E-state index in [4.69, 9.17) is 4.42 Å². The maximum Gasteiger partial charge on any atom is 0.274 e. The molecule has 2 aliphatic rings. The molecular weight excluding hydrogens is 366 g/mol. The predicted octanol–water partition coefficient (Wildman–Crippen LogP) is 2.22. The minimum atomic E-state index is -0.0343. The molecule has 7 heteroatoms. The summed E-state index contributed by atoms with van der Waals surface area (Å²) in [5, 5.41) is 8.31. The lowest BCUT2D eigenvalue weighted by atomic mass is 9.91. The van der Waals surface area contributed by atoms with E-state index in [2.05, 4.69) is 15.3 Å². The van der Waals surface area contributed by atoms with E-state index in [1.807, 2.05) is 30.9 Å². The van der Waals surface area contributed by atoms with Crippen LogP contribution in [0.15, 0.2) is 22.8 Å². The fourth-order valence-corrected chi connectivity index (χ4v) is 4.64. The standard InChI is InChI=1S/C22H33N5O2/c1-25(16-18-7-5-14-29-18)22(28)21-19-15-17(8-9-20(19)26(2)24-21)23-10-6-13-27-11-3-4-12-27/h5,7,14,17,23H,3-4,6,8-13,15-16H2,1-2H3. The van der Waals surface area contributed by atoms with Gasteiger partial charge in [-0.3, -0.25) is 9.48 Å². The van der Waals surface area contributed by atoms with E-state index in [-0.39, 0.29) is 5.91 Å². The van der Waals surface area contributed by atoms with Crippen molar-refractivity contribution in [2.75, 3.05) is 33.2 Å². The Labute approximate surface area is 173 Å². The van der Waals surface area contributed by atoms with E-state index in [1.54, 1.807) is 11.2 Å². The molecule has 1 unspecified atom stereocenters. The summed E-state index contributed by atoms with van der Waals surface area (Å²) in [4.78, 5) is 17.3. The van der Waals surface area contributed by atoms with E-state index < -0.39 is 0 Å². The molecule has 0 radical (unpaired) electrons. The second-order valence-corrected chi connectivity index (χ2v) is 8.43. The fourth-order valence-electron chi connectivity index (χ4n) is 4.64. The summed E-state index contributed by atoms with van der Waals surface area (Å²) in [5.74, 6) is 0.746. The molecular formula is C22H33N5O2. The largest absolute Gasteiger partial charge is 0.467 e. The van der Waals surface area contributed by atoms with Crippen LogP contribution in [0.2, 0.25) is 0 Å². The van der Waals surface area contributed by atoms with E-state index in [0.29, 0.717) is 18.3 Å². The lowest BCUT2D eigenvalue weighted by Crippen LogP contribution is -2.37. The summed E-state index contributed by atoms with van der Waals surface area (Å²) >= 11 is 0. The van der Waals surface area contributed by atoms with Crippen LogP contribution < -0.4 is 5.32 Å². The number of carbonyl (C=O) groups is 1. The number of hydrogen-bond acceptors (Lipinski definition) is 5. The molecule has 0 bridgehead atoms. The third kappa shape index (κ3) is 4.73. The van der Waals surface area contributed by atoms with Crippen LogP contribution in [0.1, 0.15) is 53.2 Å². The molecule has 1 aliphatic heterocycles. The molecule has 1 fully saturated rings. The van der Waals surface area contributed by atoms with Gasteiger partial charge in [-0.25, -0.2) is 0 Å². The quantitative estimate of drug-likeness (QED) is 0.690. The van der Waals surface area contributed by atoms with Gasteiger partial charge in [0.15, 0.2) is 5.69 Å². The van der Waals surface area contributed by atoms with Crippen LogP contribution in [-0.4, -0.2) is 64.8 Å². The van der Waals surface area contributed by atoms with Gasteiger partial charge in [-0.1, -0.05) is 0 Å². The number of aryl methyl sites for hydroxylation is 1. The minimum Gasteiger partial charge on any atom is -0.467 e. The molecule has 1 atom stereocenters. The number of rotatable bonds is 8. The molecule has 1 aliphatic carbocycles. The minimum absolute atomic E-state index is 0.0343. The number of likely N-dealkylation sites (tertiary alicyclic amines) is 1. The zero-order valence-electron chi connectivity index (χ0n) is 17.7. The molecule has 0 aromatic carbocycles. The van der Waals surface area contributed by atoms with Crippen LogP contribution >= 0.6 is 0 Å². The van der Waals surface area contributed by atoms with Crippen LogP contribution in [0.4, 0.5) is 0 Å². The number of nitrogens with one attached hydrogen (secondary N) is 1. The Hall–Kier alpha value is -2.12. The molecule has 4 rings (SSSR count). The highest BCUT2D eigenvalue weighted by molar-refractivity contribution is 5.94. The maximum absolute atomic E-state index is 13.1. The molecule has 3 heterocycles. The van der Waals surface area contributed by atoms with Gasteiger partial charge in [-0.15, -0.1) is 0 Å². The number of carbonyl (C=O) groups excluding carboxylic acids is 1. The number of amides is 1. The van der Waals surface area contributed by atoms with Gasteiger partial charge in [0.1, 0.15) is 5.76 Å². The smallest absolute Gasteiger partial charge is 0.274 e. The molecule has 1 amide bonds. The lowest BCUT2D eigenvalue weighted by molar-refractivity contribution is 0.0767. The molecule has 1 saturated heterocycles. The van der Waals surface area contributed by atoms with Crippen molar-refractivity contribution in [3.05, 3.63) is 41.1 Å². The van der Waals surface area contributed by atoms with E-state index in [1.165, 1.54) is 44.6 Å².